The van der Waals surface area contributed by atoms with E-state index in [9.17, 15) is 10.2 Å². The van der Waals surface area contributed by atoms with E-state index in [1.807, 2.05) is 0 Å². The molecule has 1 aliphatic heterocycles. The Morgan fingerprint density at radius 2 is 1.48 bits per heavy atom. The van der Waals surface area contributed by atoms with Gasteiger partial charge in [-0.25, -0.2) is 0 Å². The smallest absolute Gasteiger partial charge is 0.192 e. The summed E-state index contributed by atoms with van der Waals surface area (Å²) >= 11 is 0. The molecule has 0 saturated carbocycles. The van der Waals surface area contributed by atoms with Crippen LogP contribution in [0, 0.1) is 0 Å². The maximum atomic E-state index is 10.8. The SMILES string of the molecule is CC[Si](CC)(CC)O[C@H]1[C@H](O)[C@H](O)[C@@H](OC)O[C@@H]1CO[Si](C)(C)C(C)(C)C. The van der Waals surface area contributed by atoms with E-state index in [-0.39, 0.29) is 5.04 Å². The lowest BCUT2D eigenvalue weighted by molar-refractivity contribution is -0.290. The molecule has 5 atom stereocenters. The molecule has 0 amide bonds. The van der Waals surface area contributed by atoms with Gasteiger partial charge in [0.2, 0.25) is 0 Å². The first-order valence-electron chi connectivity index (χ1n) is 10.2. The summed E-state index contributed by atoms with van der Waals surface area (Å²) in [5.74, 6) is 0. The largest absolute Gasteiger partial charge is 0.414 e. The molecule has 0 aromatic rings. The van der Waals surface area contributed by atoms with E-state index in [1.54, 1.807) is 0 Å². The van der Waals surface area contributed by atoms with Crippen molar-refractivity contribution >= 4 is 16.6 Å². The minimum Gasteiger partial charge on any atom is -0.414 e. The van der Waals surface area contributed by atoms with Crippen LogP contribution in [0.1, 0.15) is 41.5 Å². The zero-order chi connectivity index (χ0) is 21.0. The fraction of sp³-hybridized carbons (Fsp3) is 1.00. The average molecular weight is 423 g/mol. The molecule has 0 aromatic heterocycles. The molecule has 1 saturated heterocycles. The zero-order valence-corrected chi connectivity index (χ0v) is 20.7. The number of ether oxygens (including phenoxy) is 2. The van der Waals surface area contributed by atoms with Gasteiger partial charge in [-0.3, -0.25) is 0 Å². The molecule has 1 rings (SSSR count). The summed E-state index contributed by atoms with van der Waals surface area (Å²) < 4.78 is 24.1. The van der Waals surface area contributed by atoms with E-state index in [1.165, 1.54) is 7.11 Å². The Morgan fingerprint density at radius 1 is 0.963 bits per heavy atom. The van der Waals surface area contributed by atoms with Crippen molar-refractivity contribution in [3.05, 3.63) is 0 Å². The van der Waals surface area contributed by atoms with Crippen LogP contribution in [-0.2, 0) is 18.3 Å². The average Bonchev–Trinajstić information content (AvgIpc) is 2.61. The third-order valence-electron chi connectivity index (χ3n) is 6.61. The zero-order valence-electron chi connectivity index (χ0n) is 18.7. The lowest BCUT2D eigenvalue weighted by atomic mass is 9.99. The van der Waals surface area contributed by atoms with Gasteiger partial charge in [0.15, 0.2) is 22.9 Å². The molecule has 6 nitrogen and oxygen atoms in total. The molecular formula is C19H42O6Si2. The predicted octanol–water partition coefficient (Wildman–Crippen LogP) is 3.49. The van der Waals surface area contributed by atoms with Crippen molar-refractivity contribution in [2.45, 2.75) is 109 Å². The maximum Gasteiger partial charge on any atom is 0.192 e. The van der Waals surface area contributed by atoms with E-state index in [4.69, 9.17) is 18.3 Å². The Balaban J connectivity index is 3.06. The topological polar surface area (TPSA) is 77.4 Å². The van der Waals surface area contributed by atoms with Gasteiger partial charge in [0.05, 0.1) is 6.61 Å². The second-order valence-corrected chi connectivity index (χ2v) is 18.7. The summed E-state index contributed by atoms with van der Waals surface area (Å²) in [6.07, 6.45) is -4.16. The summed E-state index contributed by atoms with van der Waals surface area (Å²) in [5, 5.41) is 21.3. The Kier molecular flexibility index (Phi) is 9.16. The van der Waals surface area contributed by atoms with Gasteiger partial charge >= 0.3 is 0 Å². The van der Waals surface area contributed by atoms with Crippen molar-refractivity contribution in [2.75, 3.05) is 13.7 Å². The first-order chi connectivity index (χ1) is 12.4. The number of rotatable bonds is 9. The normalized spacial score (nSPS) is 30.6. The molecule has 1 heterocycles. The van der Waals surface area contributed by atoms with Crippen LogP contribution in [0.4, 0.5) is 0 Å². The third kappa shape index (κ3) is 5.85. The lowest BCUT2D eigenvalue weighted by Gasteiger charge is -2.47. The van der Waals surface area contributed by atoms with Gasteiger partial charge in [0.25, 0.3) is 0 Å². The van der Waals surface area contributed by atoms with Gasteiger partial charge < -0.3 is 28.5 Å². The summed E-state index contributed by atoms with van der Waals surface area (Å²) in [5.41, 5.74) is 0. The molecule has 8 heteroatoms. The van der Waals surface area contributed by atoms with Gasteiger partial charge in [-0.1, -0.05) is 41.5 Å². The van der Waals surface area contributed by atoms with E-state index < -0.39 is 47.3 Å². The highest BCUT2D eigenvalue weighted by Gasteiger charge is 2.49. The first kappa shape index (κ1) is 25.2. The van der Waals surface area contributed by atoms with Crippen molar-refractivity contribution in [3.8, 4) is 0 Å². The molecule has 1 aliphatic rings. The second-order valence-electron chi connectivity index (χ2n) is 9.16. The van der Waals surface area contributed by atoms with Gasteiger partial charge in [0, 0.05) is 7.11 Å². The molecule has 0 radical (unpaired) electrons. The van der Waals surface area contributed by atoms with Gasteiger partial charge in [-0.05, 0) is 36.3 Å². The van der Waals surface area contributed by atoms with E-state index >= 15 is 0 Å². The number of hydrogen-bond acceptors (Lipinski definition) is 6. The fourth-order valence-electron chi connectivity index (χ4n) is 3.18. The molecule has 0 aromatic carbocycles. The molecule has 27 heavy (non-hydrogen) atoms. The van der Waals surface area contributed by atoms with E-state index in [0.29, 0.717) is 6.61 Å². The molecule has 0 bridgehead atoms. The monoisotopic (exact) mass is 422 g/mol. The second kappa shape index (κ2) is 9.80. The highest BCUT2D eigenvalue weighted by Crippen LogP contribution is 2.38. The van der Waals surface area contributed by atoms with Gasteiger partial charge in [0.1, 0.15) is 24.4 Å². The number of aliphatic hydroxyl groups is 2. The van der Waals surface area contributed by atoms with E-state index in [0.717, 1.165) is 18.1 Å². The molecule has 2 N–H and O–H groups in total. The highest BCUT2D eigenvalue weighted by molar-refractivity contribution is 6.74. The van der Waals surface area contributed by atoms with Crippen LogP contribution in [0.15, 0.2) is 0 Å². The van der Waals surface area contributed by atoms with Crippen LogP contribution in [0.3, 0.4) is 0 Å². The summed E-state index contributed by atoms with van der Waals surface area (Å²) in [4.78, 5) is 0. The molecule has 0 unspecified atom stereocenters. The standard InChI is InChI=1S/C19H42O6Si2/c1-10-27(11-2,12-3)25-17-14(13-23-26(8,9)19(4,5)6)24-18(22-7)16(21)15(17)20/h14-18,20-21H,10-13H2,1-9H3/t14-,15-,16+,17-,18+/m1/s1. The predicted molar refractivity (Wildman–Crippen MR) is 113 cm³/mol. The van der Waals surface area contributed by atoms with Crippen LogP contribution < -0.4 is 0 Å². The molecule has 0 aliphatic carbocycles. The summed E-state index contributed by atoms with van der Waals surface area (Å²) in [6.45, 7) is 17.7. The Bertz CT molecular complexity index is 442. The van der Waals surface area contributed by atoms with Gasteiger partial charge in [-0.2, -0.15) is 0 Å². The van der Waals surface area contributed by atoms with Crippen LogP contribution in [0.2, 0.25) is 36.3 Å². The van der Waals surface area contributed by atoms with Crippen LogP contribution in [0.25, 0.3) is 0 Å². The quantitative estimate of drug-likeness (QED) is 0.554. The van der Waals surface area contributed by atoms with Gasteiger partial charge in [-0.15, -0.1) is 0 Å². The summed E-state index contributed by atoms with van der Waals surface area (Å²) in [7, 11) is -2.51. The summed E-state index contributed by atoms with van der Waals surface area (Å²) in [6, 6.07) is 2.88. The van der Waals surface area contributed by atoms with Crippen LogP contribution in [-0.4, -0.2) is 71.3 Å². The Hall–Kier alpha value is 0.194. The lowest BCUT2D eigenvalue weighted by Crippen LogP contribution is -2.63. The van der Waals surface area contributed by atoms with Crippen molar-refractivity contribution < 1.29 is 28.5 Å². The Morgan fingerprint density at radius 3 is 1.89 bits per heavy atom. The van der Waals surface area contributed by atoms with E-state index in [2.05, 4.69) is 54.6 Å². The van der Waals surface area contributed by atoms with Crippen molar-refractivity contribution in [1.82, 2.24) is 0 Å². The Labute approximate surface area is 167 Å². The number of methoxy groups -OCH3 is 1. The number of hydrogen-bond donors (Lipinski definition) is 2. The first-order valence-corrected chi connectivity index (χ1v) is 15.7. The fourth-order valence-corrected chi connectivity index (χ4v) is 7.06. The molecule has 1 fully saturated rings. The molecular weight excluding hydrogens is 380 g/mol. The van der Waals surface area contributed by atoms with Crippen molar-refractivity contribution in [3.63, 3.8) is 0 Å². The maximum absolute atomic E-state index is 10.8. The highest BCUT2D eigenvalue weighted by atomic mass is 28.4. The molecule has 162 valence electrons. The van der Waals surface area contributed by atoms with Crippen LogP contribution in [0.5, 0.6) is 0 Å². The van der Waals surface area contributed by atoms with Crippen molar-refractivity contribution in [2.24, 2.45) is 0 Å². The number of aliphatic hydroxyl groups excluding tert-OH is 2. The minimum atomic E-state index is -2.00. The van der Waals surface area contributed by atoms with Crippen LogP contribution >= 0.6 is 0 Å². The minimum absolute atomic E-state index is 0.0750. The third-order valence-corrected chi connectivity index (χ3v) is 15.7. The molecule has 0 spiro atoms. The van der Waals surface area contributed by atoms with Crippen molar-refractivity contribution in [1.29, 1.82) is 0 Å².